The van der Waals surface area contributed by atoms with Gasteiger partial charge in [0.05, 0.1) is 16.2 Å². The first kappa shape index (κ1) is 20.2. The van der Waals surface area contributed by atoms with Crippen molar-refractivity contribution in [3.05, 3.63) is 33.9 Å². The lowest BCUT2D eigenvalue weighted by atomic mass is 10.1. The predicted molar refractivity (Wildman–Crippen MR) is 103 cm³/mol. The molecular weight excluding hydrogens is 364 g/mol. The molecule has 2 amide bonds. The van der Waals surface area contributed by atoms with Gasteiger partial charge in [-0.2, -0.15) is 0 Å². The van der Waals surface area contributed by atoms with Gasteiger partial charge in [-0.05, 0) is 25.8 Å². The third kappa shape index (κ3) is 4.85. The number of nitro benzene ring substituents is 1. The number of hydrogen-bond acceptors (Lipinski definition) is 6. The molecule has 9 heteroatoms. The predicted octanol–water partition coefficient (Wildman–Crippen LogP) is 1.56. The van der Waals surface area contributed by atoms with Gasteiger partial charge in [-0.25, -0.2) is 0 Å². The first-order chi connectivity index (χ1) is 13.5. The zero-order valence-electron chi connectivity index (χ0n) is 16.1. The van der Waals surface area contributed by atoms with Crippen molar-refractivity contribution in [3.63, 3.8) is 0 Å². The fourth-order valence-corrected chi connectivity index (χ4v) is 3.60. The zero-order chi connectivity index (χ0) is 20.1. The standard InChI is InChI=1S/C19H26N4O5/c1-14-15(4-2-5-16(14)23(26)27)20-18(24)7-8-21-9-11-22(12-10-21)19(25)17-6-3-13-28-17/h2,4-5,17H,3,6-13H2,1H3,(H,20,24)/t17-/m0/s1. The molecule has 0 radical (unpaired) electrons. The van der Waals surface area contributed by atoms with E-state index in [1.807, 2.05) is 4.90 Å². The fraction of sp³-hybridized carbons (Fsp3) is 0.579. The SMILES string of the molecule is Cc1c(NC(=O)CCN2CCN(C(=O)[C@@H]3CCCO3)CC2)cccc1[N+](=O)[O-]. The maximum Gasteiger partial charge on any atom is 0.274 e. The molecule has 2 heterocycles. The molecule has 2 aliphatic heterocycles. The summed E-state index contributed by atoms with van der Waals surface area (Å²) in [4.78, 5) is 39.1. The Morgan fingerprint density at radius 1 is 1.29 bits per heavy atom. The van der Waals surface area contributed by atoms with Crippen LogP contribution in [-0.2, 0) is 14.3 Å². The normalized spacial score (nSPS) is 20.2. The minimum absolute atomic E-state index is 0.00942. The summed E-state index contributed by atoms with van der Waals surface area (Å²) in [6.45, 7) is 5.60. The Kier molecular flexibility index (Phi) is 6.58. The highest BCUT2D eigenvalue weighted by atomic mass is 16.6. The van der Waals surface area contributed by atoms with E-state index in [2.05, 4.69) is 10.2 Å². The van der Waals surface area contributed by atoms with Gasteiger partial charge in [0.15, 0.2) is 0 Å². The second kappa shape index (κ2) is 9.11. The Hall–Kier alpha value is -2.52. The van der Waals surface area contributed by atoms with Crippen LogP contribution in [0.15, 0.2) is 18.2 Å². The third-order valence-electron chi connectivity index (χ3n) is 5.32. The number of rotatable bonds is 6. The van der Waals surface area contributed by atoms with Gasteiger partial charge in [0.25, 0.3) is 11.6 Å². The number of nitro groups is 1. The highest BCUT2D eigenvalue weighted by molar-refractivity contribution is 5.92. The van der Waals surface area contributed by atoms with Crippen molar-refractivity contribution in [2.75, 3.05) is 44.6 Å². The van der Waals surface area contributed by atoms with Crippen LogP contribution in [0.3, 0.4) is 0 Å². The molecule has 0 aromatic heterocycles. The Morgan fingerprint density at radius 3 is 2.68 bits per heavy atom. The molecule has 1 atom stereocenters. The first-order valence-electron chi connectivity index (χ1n) is 9.62. The van der Waals surface area contributed by atoms with Gasteiger partial charge in [-0.15, -0.1) is 0 Å². The number of nitrogens with zero attached hydrogens (tertiary/aromatic N) is 3. The van der Waals surface area contributed by atoms with Gasteiger partial charge in [0.2, 0.25) is 5.91 Å². The molecule has 1 aromatic rings. The number of carbonyl (C=O) groups is 2. The molecule has 0 saturated carbocycles. The average molecular weight is 390 g/mol. The average Bonchev–Trinajstić information content (AvgIpc) is 3.22. The van der Waals surface area contributed by atoms with Crippen LogP contribution in [-0.4, -0.2) is 72.0 Å². The van der Waals surface area contributed by atoms with E-state index in [0.717, 1.165) is 25.9 Å². The number of hydrogen-bond donors (Lipinski definition) is 1. The number of ether oxygens (including phenoxy) is 1. The molecule has 0 spiro atoms. The minimum atomic E-state index is -0.456. The van der Waals surface area contributed by atoms with E-state index in [9.17, 15) is 19.7 Å². The minimum Gasteiger partial charge on any atom is -0.368 e. The molecule has 1 N–H and O–H groups in total. The van der Waals surface area contributed by atoms with E-state index in [1.54, 1.807) is 19.1 Å². The molecule has 152 valence electrons. The zero-order valence-corrected chi connectivity index (χ0v) is 16.1. The van der Waals surface area contributed by atoms with Crippen LogP contribution >= 0.6 is 0 Å². The molecule has 2 saturated heterocycles. The molecule has 0 bridgehead atoms. The Bertz CT molecular complexity index is 740. The summed E-state index contributed by atoms with van der Waals surface area (Å²) in [5, 5.41) is 13.8. The lowest BCUT2D eigenvalue weighted by molar-refractivity contribution is -0.385. The summed E-state index contributed by atoms with van der Waals surface area (Å²) < 4.78 is 5.46. The molecule has 9 nitrogen and oxygen atoms in total. The van der Waals surface area contributed by atoms with Crippen LogP contribution in [0.5, 0.6) is 0 Å². The summed E-state index contributed by atoms with van der Waals surface area (Å²) in [6, 6.07) is 4.64. The number of piperazine rings is 1. The number of carbonyl (C=O) groups excluding carboxylic acids is 2. The van der Waals surface area contributed by atoms with Gasteiger partial charge in [-0.3, -0.25) is 24.6 Å². The summed E-state index contributed by atoms with van der Waals surface area (Å²) in [7, 11) is 0. The Balaban J connectivity index is 1.43. The van der Waals surface area contributed by atoms with Gasteiger partial charge in [0, 0.05) is 51.8 Å². The highest BCUT2D eigenvalue weighted by Gasteiger charge is 2.30. The van der Waals surface area contributed by atoms with Crippen molar-refractivity contribution in [2.45, 2.75) is 32.3 Å². The van der Waals surface area contributed by atoms with E-state index in [0.29, 0.717) is 43.9 Å². The Morgan fingerprint density at radius 2 is 2.04 bits per heavy atom. The molecule has 0 aliphatic carbocycles. The second-order valence-corrected chi connectivity index (χ2v) is 7.17. The number of benzene rings is 1. The quantitative estimate of drug-likeness (QED) is 0.584. The van der Waals surface area contributed by atoms with Crippen LogP contribution in [0.1, 0.15) is 24.8 Å². The van der Waals surface area contributed by atoms with Crippen molar-refractivity contribution in [3.8, 4) is 0 Å². The first-order valence-corrected chi connectivity index (χ1v) is 9.62. The van der Waals surface area contributed by atoms with Gasteiger partial charge in [0.1, 0.15) is 6.10 Å². The summed E-state index contributed by atoms with van der Waals surface area (Å²) >= 11 is 0. The van der Waals surface area contributed by atoms with Crippen molar-refractivity contribution < 1.29 is 19.2 Å². The summed E-state index contributed by atoms with van der Waals surface area (Å²) in [5.41, 5.74) is 0.901. The largest absolute Gasteiger partial charge is 0.368 e. The fourth-order valence-electron chi connectivity index (χ4n) is 3.60. The van der Waals surface area contributed by atoms with Gasteiger partial charge < -0.3 is 15.0 Å². The van der Waals surface area contributed by atoms with E-state index in [4.69, 9.17) is 4.74 Å². The maximum absolute atomic E-state index is 12.4. The van der Waals surface area contributed by atoms with Crippen molar-refractivity contribution in [1.29, 1.82) is 0 Å². The second-order valence-electron chi connectivity index (χ2n) is 7.17. The van der Waals surface area contributed by atoms with Gasteiger partial charge >= 0.3 is 0 Å². The van der Waals surface area contributed by atoms with Crippen LogP contribution in [0.25, 0.3) is 0 Å². The van der Waals surface area contributed by atoms with E-state index >= 15 is 0 Å². The topological polar surface area (TPSA) is 105 Å². The monoisotopic (exact) mass is 390 g/mol. The van der Waals surface area contributed by atoms with E-state index < -0.39 is 4.92 Å². The highest BCUT2D eigenvalue weighted by Crippen LogP contribution is 2.25. The van der Waals surface area contributed by atoms with Crippen molar-refractivity contribution in [1.82, 2.24) is 9.80 Å². The molecule has 2 aliphatic rings. The lowest BCUT2D eigenvalue weighted by Crippen LogP contribution is -2.51. The summed E-state index contributed by atoms with van der Waals surface area (Å²) in [6.07, 6.45) is 1.75. The smallest absolute Gasteiger partial charge is 0.274 e. The van der Waals surface area contributed by atoms with E-state index in [1.165, 1.54) is 6.07 Å². The van der Waals surface area contributed by atoms with Crippen molar-refractivity contribution >= 4 is 23.2 Å². The van der Waals surface area contributed by atoms with Crippen LogP contribution in [0, 0.1) is 17.0 Å². The molecule has 2 fully saturated rings. The molecule has 0 unspecified atom stereocenters. The van der Waals surface area contributed by atoms with Crippen LogP contribution in [0.4, 0.5) is 11.4 Å². The number of amides is 2. The molecule has 1 aromatic carbocycles. The van der Waals surface area contributed by atoms with Crippen molar-refractivity contribution in [2.24, 2.45) is 0 Å². The summed E-state index contributed by atoms with van der Waals surface area (Å²) in [5.74, 6) is -0.0995. The maximum atomic E-state index is 12.4. The number of anilines is 1. The molecular formula is C19H26N4O5. The van der Waals surface area contributed by atoms with Gasteiger partial charge in [-0.1, -0.05) is 6.07 Å². The lowest BCUT2D eigenvalue weighted by Gasteiger charge is -2.35. The molecule has 3 rings (SSSR count). The van der Waals surface area contributed by atoms with Crippen LogP contribution < -0.4 is 5.32 Å². The van der Waals surface area contributed by atoms with Crippen LogP contribution in [0.2, 0.25) is 0 Å². The number of nitrogens with one attached hydrogen (secondary N) is 1. The third-order valence-corrected chi connectivity index (χ3v) is 5.32. The molecule has 28 heavy (non-hydrogen) atoms. The Labute approximate surface area is 163 Å². The van der Waals surface area contributed by atoms with E-state index in [-0.39, 0.29) is 23.6 Å².